The predicted molar refractivity (Wildman–Crippen MR) is 52.8 cm³/mol. The number of phenolic OH excluding ortho intramolecular Hbond substituents is 1. The summed E-state index contributed by atoms with van der Waals surface area (Å²) in [5, 5.41) is 8.26. The average molecular weight is 219 g/mol. The number of hydrogen-bond acceptors (Lipinski definition) is 2. The van der Waals surface area contributed by atoms with Gasteiger partial charge in [-0.3, -0.25) is 4.79 Å². The molecule has 0 radical (unpaired) electrons. The maximum absolute atomic E-state index is 11.4. The fourth-order valence-electron chi connectivity index (χ4n) is 0.877. The number of carbonyl (C=O) groups is 1. The third-order valence-electron chi connectivity index (χ3n) is 1.57. The van der Waals surface area contributed by atoms with Crippen LogP contribution in [0.15, 0.2) is 24.3 Å². The van der Waals surface area contributed by atoms with E-state index in [1.807, 2.05) is 0 Å². The number of halogens is 2. The van der Waals surface area contributed by atoms with Gasteiger partial charge in [0.1, 0.15) is 11.1 Å². The minimum atomic E-state index is -0.703. The topological polar surface area (TPSA) is 37.3 Å². The Morgan fingerprint density at radius 3 is 2.38 bits per heavy atom. The normalized spacial score (nSPS) is 12.5. The van der Waals surface area contributed by atoms with Crippen LogP contribution in [-0.2, 0) is 0 Å². The molecule has 0 aliphatic rings. The SMILES string of the molecule is O=C(c1ccc(O)cc1)C(Cl)CCl. The van der Waals surface area contributed by atoms with E-state index in [1.54, 1.807) is 0 Å². The second-order valence-electron chi connectivity index (χ2n) is 2.53. The van der Waals surface area contributed by atoms with Gasteiger partial charge < -0.3 is 5.11 Å². The van der Waals surface area contributed by atoms with Crippen molar-refractivity contribution in [3.63, 3.8) is 0 Å². The summed E-state index contributed by atoms with van der Waals surface area (Å²) in [6, 6.07) is 5.90. The molecule has 0 aliphatic carbocycles. The molecule has 1 rings (SSSR count). The zero-order valence-electron chi connectivity index (χ0n) is 6.71. The molecule has 1 unspecified atom stereocenters. The predicted octanol–water partition coefficient (Wildman–Crippen LogP) is 2.42. The second kappa shape index (κ2) is 4.49. The lowest BCUT2D eigenvalue weighted by molar-refractivity contribution is 0.0993. The van der Waals surface area contributed by atoms with Gasteiger partial charge in [0.05, 0.1) is 0 Å². The Labute approximate surface area is 86.1 Å². The van der Waals surface area contributed by atoms with Crippen LogP contribution in [0.1, 0.15) is 10.4 Å². The summed E-state index contributed by atoms with van der Waals surface area (Å²) in [7, 11) is 0. The van der Waals surface area contributed by atoms with Gasteiger partial charge >= 0.3 is 0 Å². The van der Waals surface area contributed by atoms with Crippen LogP contribution in [0.3, 0.4) is 0 Å². The third kappa shape index (κ3) is 2.61. The summed E-state index contributed by atoms with van der Waals surface area (Å²) in [5.74, 6) is -0.0217. The van der Waals surface area contributed by atoms with Gasteiger partial charge in [0.2, 0.25) is 0 Å². The Morgan fingerprint density at radius 1 is 1.38 bits per heavy atom. The Kier molecular flexibility index (Phi) is 3.58. The first-order chi connectivity index (χ1) is 6.15. The van der Waals surface area contributed by atoms with Gasteiger partial charge in [-0.2, -0.15) is 0 Å². The van der Waals surface area contributed by atoms with Crippen molar-refractivity contribution in [2.45, 2.75) is 5.38 Å². The summed E-state index contributed by atoms with van der Waals surface area (Å²) >= 11 is 11.1. The first kappa shape index (κ1) is 10.4. The van der Waals surface area contributed by atoms with Crippen molar-refractivity contribution < 1.29 is 9.90 Å². The van der Waals surface area contributed by atoms with Gasteiger partial charge in [0.15, 0.2) is 5.78 Å². The number of alkyl halides is 2. The third-order valence-corrected chi connectivity index (χ3v) is 2.39. The monoisotopic (exact) mass is 218 g/mol. The molecular weight excluding hydrogens is 211 g/mol. The van der Waals surface area contributed by atoms with Crippen molar-refractivity contribution in [2.24, 2.45) is 0 Å². The van der Waals surface area contributed by atoms with E-state index in [0.717, 1.165) is 0 Å². The molecule has 1 atom stereocenters. The van der Waals surface area contributed by atoms with E-state index >= 15 is 0 Å². The van der Waals surface area contributed by atoms with Crippen molar-refractivity contribution in [3.8, 4) is 5.75 Å². The molecule has 0 saturated heterocycles. The molecule has 1 N–H and O–H groups in total. The van der Waals surface area contributed by atoms with Crippen LogP contribution in [0.4, 0.5) is 0 Å². The Hall–Kier alpha value is -0.730. The van der Waals surface area contributed by atoms with E-state index < -0.39 is 5.38 Å². The Balaban J connectivity index is 2.83. The highest BCUT2D eigenvalue weighted by Gasteiger charge is 2.15. The molecule has 70 valence electrons. The van der Waals surface area contributed by atoms with E-state index in [9.17, 15) is 4.79 Å². The Bertz CT molecular complexity index is 295. The highest BCUT2D eigenvalue weighted by molar-refractivity contribution is 6.38. The fourth-order valence-corrected chi connectivity index (χ4v) is 1.14. The molecule has 0 fully saturated rings. The molecule has 0 amide bonds. The van der Waals surface area contributed by atoms with Gasteiger partial charge in [-0.15, -0.1) is 23.2 Å². The molecule has 0 saturated carbocycles. The highest BCUT2D eigenvalue weighted by Crippen LogP contribution is 2.14. The number of ketones is 1. The van der Waals surface area contributed by atoms with E-state index in [2.05, 4.69) is 0 Å². The standard InChI is InChI=1S/C9H8Cl2O2/c10-5-8(11)9(13)6-1-3-7(12)4-2-6/h1-4,8,12H,5H2. The van der Waals surface area contributed by atoms with Crippen LogP contribution >= 0.6 is 23.2 Å². The van der Waals surface area contributed by atoms with Crippen LogP contribution in [0.25, 0.3) is 0 Å². The molecule has 0 aliphatic heterocycles. The number of phenols is 1. The van der Waals surface area contributed by atoms with E-state index in [1.165, 1.54) is 24.3 Å². The number of rotatable bonds is 3. The van der Waals surface area contributed by atoms with Crippen LogP contribution in [0, 0.1) is 0 Å². The quantitative estimate of drug-likeness (QED) is 0.626. The molecule has 13 heavy (non-hydrogen) atoms. The lowest BCUT2D eigenvalue weighted by Crippen LogP contribution is -2.15. The first-order valence-electron chi connectivity index (χ1n) is 3.68. The molecule has 1 aromatic rings. The summed E-state index contributed by atoms with van der Waals surface area (Å²) in [6.07, 6.45) is 0. The van der Waals surface area contributed by atoms with E-state index in [4.69, 9.17) is 28.3 Å². The second-order valence-corrected chi connectivity index (χ2v) is 3.37. The lowest BCUT2D eigenvalue weighted by Gasteiger charge is -2.03. The maximum atomic E-state index is 11.4. The van der Waals surface area contributed by atoms with Crippen molar-refractivity contribution in [2.75, 3.05) is 5.88 Å². The lowest BCUT2D eigenvalue weighted by atomic mass is 10.1. The zero-order valence-corrected chi connectivity index (χ0v) is 8.22. The van der Waals surface area contributed by atoms with Gasteiger partial charge in [-0.1, -0.05) is 0 Å². The molecule has 0 spiro atoms. The molecular formula is C9H8Cl2O2. The number of aromatic hydroxyl groups is 1. The van der Waals surface area contributed by atoms with Crippen molar-refractivity contribution >= 4 is 29.0 Å². The first-order valence-corrected chi connectivity index (χ1v) is 4.65. The van der Waals surface area contributed by atoms with Gasteiger partial charge in [0.25, 0.3) is 0 Å². The summed E-state index contributed by atoms with van der Waals surface area (Å²) in [5.41, 5.74) is 0.457. The summed E-state index contributed by atoms with van der Waals surface area (Å²) < 4.78 is 0. The van der Waals surface area contributed by atoms with Gasteiger partial charge in [-0.25, -0.2) is 0 Å². The van der Waals surface area contributed by atoms with Crippen LogP contribution in [0.2, 0.25) is 0 Å². The minimum absolute atomic E-state index is 0.0846. The largest absolute Gasteiger partial charge is 0.508 e. The summed E-state index contributed by atoms with van der Waals surface area (Å²) in [4.78, 5) is 11.4. The molecule has 1 aromatic carbocycles. The van der Waals surface area contributed by atoms with Crippen LogP contribution < -0.4 is 0 Å². The minimum Gasteiger partial charge on any atom is -0.508 e. The smallest absolute Gasteiger partial charge is 0.181 e. The highest BCUT2D eigenvalue weighted by atomic mass is 35.5. The van der Waals surface area contributed by atoms with Crippen LogP contribution in [0.5, 0.6) is 5.75 Å². The van der Waals surface area contributed by atoms with Gasteiger partial charge in [0, 0.05) is 11.4 Å². The number of benzene rings is 1. The van der Waals surface area contributed by atoms with E-state index in [0.29, 0.717) is 5.56 Å². The molecule has 4 heteroatoms. The van der Waals surface area contributed by atoms with Gasteiger partial charge in [-0.05, 0) is 24.3 Å². The molecule has 0 heterocycles. The van der Waals surface area contributed by atoms with Crippen molar-refractivity contribution in [1.29, 1.82) is 0 Å². The average Bonchev–Trinajstić information content (AvgIpc) is 2.17. The number of hydrogen-bond donors (Lipinski definition) is 1. The molecule has 0 bridgehead atoms. The number of carbonyl (C=O) groups excluding carboxylic acids is 1. The molecule has 0 aromatic heterocycles. The van der Waals surface area contributed by atoms with E-state index in [-0.39, 0.29) is 17.4 Å². The number of Topliss-reactive ketones (excluding diaryl/α,β-unsaturated/α-hetero) is 1. The van der Waals surface area contributed by atoms with Crippen molar-refractivity contribution in [1.82, 2.24) is 0 Å². The maximum Gasteiger partial charge on any atom is 0.181 e. The van der Waals surface area contributed by atoms with Crippen LogP contribution in [-0.4, -0.2) is 22.1 Å². The van der Waals surface area contributed by atoms with Crippen molar-refractivity contribution in [3.05, 3.63) is 29.8 Å². The zero-order chi connectivity index (χ0) is 9.84. The summed E-state index contributed by atoms with van der Waals surface area (Å²) in [6.45, 7) is 0. The fraction of sp³-hybridized carbons (Fsp3) is 0.222. The molecule has 2 nitrogen and oxygen atoms in total. The Morgan fingerprint density at radius 2 is 1.92 bits per heavy atom.